The lowest BCUT2D eigenvalue weighted by Crippen LogP contribution is -2.35. The van der Waals surface area contributed by atoms with E-state index in [0.717, 1.165) is 13.1 Å². The van der Waals surface area contributed by atoms with E-state index in [0.29, 0.717) is 6.04 Å². The molecule has 2 nitrogen and oxygen atoms in total. The fourth-order valence-corrected chi connectivity index (χ4v) is 4.69. The summed E-state index contributed by atoms with van der Waals surface area (Å²) in [5, 5.41) is 3.76. The van der Waals surface area contributed by atoms with E-state index in [2.05, 4.69) is 46.1 Å². The topological polar surface area (TPSA) is 15.3 Å². The van der Waals surface area contributed by atoms with Gasteiger partial charge in [-0.15, -0.1) is 11.3 Å². The first-order valence-corrected chi connectivity index (χ1v) is 9.09. The zero-order chi connectivity index (χ0) is 13.7. The molecule has 4 heteroatoms. The molecule has 0 aliphatic heterocycles. The lowest BCUT2D eigenvalue weighted by atomic mass is 9.94. The van der Waals surface area contributed by atoms with Gasteiger partial charge in [0.2, 0.25) is 0 Å². The lowest BCUT2D eigenvalue weighted by Gasteiger charge is -2.26. The van der Waals surface area contributed by atoms with Gasteiger partial charge in [-0.05, 0) is 66.3 Å². The van der Waals surface area contributed by atoms with E-state index < -0.39 is 0 Å². The third-order valence-corrected chi connectivity index (χ3v) is 5.60. The van der Waals surface area contributed by atoms with E-state index in [1.165, 1.54) is 42.6 Å². The number of nitrogens with one attached hydrogen (secondary N) is 1. The summed E-state index contributed by atoms with van der Waals surface area (Å²) in [6.45, 7) is 9.16. The van der Waals surface area contributed by atoms with Crippen LogP contribution in [0.5, 0.6) is 0 Å². The number of rotatable bonds is 7. The normalized spacial score (nSPS) is 18.8. The average molecular weight is 345 g/mol. The van der Waals surface area contributed by atoms with Gasteiger partial charge in [-0.1, -0.05) is 13.8 Å². The fraction of sp³-hybridized carbons (Fsp3) is 0.733. The number of halogens is 1. The monoisotopic (exact) mass is 344 g/mol. The molecule has 108 valence electrons. The summed E-state index contributed by atoms with van der Waals surface area (Å²) in [5.41, 5.74) is 1.54. The van der Waals surface area contributed by atoms with E-state index in [1.807, 2.05) is 11.3 Å². The summed E-state index contributed by atoms with van der Waals surface area (Å²) in [6.07, 6.45) is 5.12. The molecule has 0 radical (unpaired) electrons. The first-order valence-electron chi connectivity index (χ1n) is 7.48. The van der Waals surface area contributed by atoms with Crippen LogP contribution in [0, 0.1) is 0 Å². The minimum Gasteiger partial charge on any atom is -0.309 e. The molecule has 19 heavy (non-hydrogen) atoms. The zero-order valence-electron chi connectivity index (χ0n) is 12.0. The largest absolute Gasteiger partial charge is 0.309 e. The second-order valence-electron chi connectivity index (χ2n) is 5.26. The molecule has 1 heterocycles. The van der Waals surface area contributed by atoms with Crippen LogP contribution in [-0.2, 0) is 6.42 Å². The molecule has 1 atom stereocenters. The van der Waals surface area contributed by atoms with Gasteiger partial charge in [-0.3, -0.25) is 0 Å². The SMILES string of the molecule is CCCN(CC)CCNC1CCCc2sc(Br)cc21. The van der Waals surface area contributed by atoms with Crippen molar-refractivity contribution < 1.29 is 0 Å². The van der Waals surface area contributed by atoms with E-state index in [9.17, 15) is 0 Å². The van der Waals surface area contributed by atoms with E-state index in [4.69, 9.17) is 0 Å². The van der Waals surface area contributed by atoms with Gasteiger partial charge >= 0.3 is 0 Å². The molecule has 1 N–H and O–H groups in total. The quantitative estimate of drug-likeness (QED) is 0.796. The first-order chi connectivity index (χ1) is 9.24. The number of hydrogen-bond acceptors (Lipinski definition) is 3. The Morgan fingerprint density at radius 2 is 2.26 bits per heavy atom. The third-order valence-electron chi connectivity index (χ3n) is 3.89. The van der Waals surface area contributed by atoms with Crippen LogP contribution in [0.3, 0.4) is 0 Å². The van der Waals surface area contributed by atoms with Gasteiger partial charge in [0.1, 0.15) is 0 Å². The van der Waals surface area contributed by atoms with Crippen molar-refractivity contribution in [2.45, 2.75) is 45.6 Å². The molecule has 0 saturated heterocycles. The van der Waals surface area contributed by atoms with Crippen molar-refractivity contribution in [2.75, 3.05) is 26.2 Å². The number of thiophene rings is 1. The molecule has 0 bridgehead atoms. The van der Waals surface area contributed by atoms with Crippen molar-refractivity contribution in [1.29, 1.82) is 0 Å². The molecular formula is C15H25BrN2S. The molecule has 1 aliphatic rings. The van der Waals surface area contributed by atoms with Crippen LogP contribution in [0.2, 0.25) is 0 Å². The molecule has 0 spiro atoms. The van der Waals surface area contributed by atoms with E-state index in [1.54, 1.807) is 10.4 Å². The van der Waals surface area contributed by atoms with Gasteiger partial charge in [0.15, 0.2) is 0 Å². The summed E-state index contributed by atoms with van der Waals surface area (Å²) >= 11 is 5.54. The highest BCUT2D eigenvalue weighted by molar-refractivity contribution is 9.11. The second kappa shape index (κ2) is 7.77. The van der Waals surface area contributed by atoms with Gasteiger partial charge in [-0.2, -0.15) is 0 Å². The Bertz CT molecular complexity index is 391. The van der Waals surface area contributed by atoms with Crippen molar-refractivity contribution in [1.82, 2.24) is 10.2 Å². The van der Waals surface area contributed by atoms with Crippen LogP contribution in [-0.4, -0.2) is 31.1 Å². The average Bonchev–Trinajstić information content (AvgIpc) is 2.78. The Labute approximate surface area is 129 Å². The smallest absolute Gasteiger partial charge is 0.0704 e. The maximum absolute atomic E-state index is 3.76. The number of nitrogens with zero attached hydrogens (tertiary/aromatic N) is 1. The second-order valence-corrected chi connectivity index (χ2v) is 7.78. The number of likely N-dealkylation sites (N-methyl/N-ethyl adjacent to an activating group) is 1. The van der Waals surface area contributed by atoms with Crippen molar-refractivity contribution in [2.24, 2.45) is 0 Å². The highest BCUT2D eigenvalue weighted by Crippen LogP contribution is 2.37. The molecule has 1 aliphatic carbocycles. The Kier molecular flexibility index (Phi) is 6.33. The highest BCUT2D eigenvalue weighted by atomic mass is 79.9. The standard InChI is InChI=1S/C15H25BrN2S/c1-3-9-18(4-2)10-8-17-13-6-5-7-14-12(13)11-15(16)19-14/h11,13,17H,3-10H2,1-2H3. The molecule has 0 aromatic carbocycles. The first kappa shape index (κ1) is 15.5. The van der Waals surface area contributed by atoms with Gasteiger partial charge < -0.3 is 10.2 Å². The van der Waals surface area contributed by atoms with Gasteiger partial charge in [-0.25, -0.2) is 0 Å². The Hall–Kier alpha value is 0.100. The van der Waals surface area contributed by atoms with Crippen molar-refractivity contribution >= 4 is 27.3 Å². The Balaban J connectivity index is 1.83. The molecular weight excluding hydrogens is 320 g/mol. The summed E-state index contributed by atoms with van der Waals surface area (Å²) in [4.78, 5) is 4.11. The van der Waals surface area contributed by atoms with Crippen molar-refractivity contribution in [3.05, 3.63) is 20.3 Å². The van der Waals surface area contributed by atoms with Crippen molar-refractivity contribution in [3.63, 3.8) is 0 Å². The third kappa shape index (κ3) is 4.28. The zero-order valence-corrected chi connectivity index (χ0v) is 14.4. The lowest BCUT2D eigenvalue weighted by molar-refractivity contribution is 0.280. The van der Waals surface area contributed by atoms with E-state index >= 15 is 0 Å². The minimum atomic E-state index is 0.576. The molecule has 1 unspecified atom stereocenters. The molecule has 2 rings (SSSR count). The summed E-state index contributed by atoms with van der Waals surface area (Å²) in [5.74, 6) is 0. The summed E-state index contributed by atoms with van der Waals surface area (Å²) < 4.78 is 1.28. The van der Waals surface area contributed by atoms with E-state index in [-0.39, 0.29) is 0 Å². The fourth-order valence-electron chi connectivity index (χ4n) is 2.87. The maximum Gasteiger partial charge on any atom is 0.0704 e. The molecule has 0 amide bonds. The minimum absolute atomic E-state index is 0.576. The number of hydrogen-bond donors (Lipinski definition) is 1. The van der Waals surface area contributed by atoms with Crippen LogP contribution in [0.25, 0.3) is 0 Å². The Morgan fingerprint density at radius 1 is 1.42 bits per heavy atom. The molecule has 0 fully saturated rings. The molecule has 0 saturated carbocycles. The van der Waals surface area contributed by atoms with Crippen molar-refractivity contribution in [3.8, 4) is 0 Å². The van der Waals surface area contributed by atoms with Crippen LogP contribution in [0.15, 0.2) is 9.85 Å². The van der Waals surface area contributed by atoms with Crippen LogP contribution < -0.4 is 5.32 Å². The van der Waals surface area contributed by atoms with Gasteiger partial charge in [0.25, 0.3) is 0 Å². The number of fused-ring (bicyclic) bond motifs is 1. The summed E-state index contributed by atoms with van der Waals surface area (Å²) in [7, 11) is 0. The molecule has 1 aromatic rings. The predicted octanol–water partition coefficient (Wildman–Crippen LogP) is 4.21. The van der Waals surface area contributed by atoms with Gasteiger partial charge in [0.05, 0.1) is 3.79 Å². The summed E-state index contributed by atoms with van der Waals surface area (Å²) in [6, 6.07) is 2.90. The number of aryl methyl sites for hydroxylation is 1. The highest BCUT2D eigenvalue weighted by Gasteiger charge is 2.22. The van der Waals surface area contributed by atoms with Gasteiger partial charge in [0, 0.05) is 24.0 Å². The van der Waals surface area contributed by atoms with Crippen LogP contribution in [0.1, 0.15) is 49.6 Å². The maximum atomic E-state index is 3.76. The predicted molar refractivity (Wildman–Crippen MR) is 88.1 cm³/mol. The van der Waals surface area contributed by atoms with Crippen LogP contribution in [0.4, 0.5) is 0 Å². The van der Waals surface area contributed by atoms with Crippen LogP contribution >= 0.6 is 27.3 Å². The Morgan fingerprint density at radius 3 is 3.00 bits per heavy atom. The molecule has 1 aromatic heterocycles.